The molecule has 0 saturated heterocycles. The van der Waals surface area contributed by atoms with Crippen LogP contribution in [0.15, 0.2) is 22.2 Å². The molecule has 1 aliphatic heterocycles. The van der Waals surface area contributed by atoms with E-state index in [9.17, 15) is 13.2 Å². The molecule has 1 heterocycles. The van der Waals surface area contributed by atoms with Gasteiger partial charge in [-0.3, -0.25) is 0 Å². The molecule has 1 aromatic carbocycles. The van der Waals surface area contributed by atoms with E-state index < -0.39 is 15.8 Å². The first-order valence-corrected chi connectivity index (χ1v) is 6.73. The van der Waals surface area contributed by atoms with Crippen LogP contribution in [0.25, 0.3) is 0 Å². The number of ether oxygens (including phenoxy) is 1. The number of esters is 1. The van der Waals surface area contributed by atoms with Gasteiger partial charge in [-0.15, -0.1) is 0 Å². The van der Waals surface area contributed by atoms with Crippen LogP contribution in [0.3, 0.4) is 0 Å². The van der Waals surface area contributed by atoms with Gasteiger partial charge in [0, 0.05) is 5.56 Å². The summed E-state index contributed by atoms with van der Waals surface area (Å²) >= 11 is 0. The van der Waals surface area contributed by atoms with Crippen molar-refractivity contribution in [1.29, 1.82) is 0 Å². The first kappa shape index (κ1) is 12.6. The van der Waals surface area contributed by atoms with Gasteiger partial charge < -0.3 is 9.94 Å². The van der Waals surface area contributed by atoms with Crippen LogP contribution < -0.4 is 0 Å². The van der Waals surface area contributed by atoms with Crippen LogP contribution in [0.4, 0.5) is 0 Å². The van der Waals surface area contributed by atoms with Crippen molar-refractivity contribution in [2.24, 2.45) is 5.16 Å². The molecule has 1 aromatic rings. The number of hydrogen-bond donors (Lipinski definition) is 1. The van der Waals surface area contributed by atoms with Gasteiger partial charge >= 0.3 is 5.97 Å². The van der Waals surface area contributed by atoms with E-state index in [-0.39, 0.29) is 21.9 Å². The number of oxime groups is 1. The molecule has 0 spiro atoms. The molecule has 0 aliphatic carbocycles. The second kappa shape index (κ2) is 4.09. The number of methoxy groups -OCH3 is 1. The van der Waals surface area contributed by atoms with Crippen molar-refractivity contribution in [3.8, 4) is 0 Å². The van der Waals surface area contributed by atoms with Crippen LogP contribution >= 0.6 is 0 Å². The van der Waals surface area contributed by atoms with Gasteiger partial charge in [-0.1, -0.05) is 5.16 Å². The molecule has 0 amide bonds. The van der Waals surface area contributed by atoms with E-state index in [1.165, 1.54) is 19.2 Å². The monoisotopic (exact) mass is 269 g/mol. The Hall–Kier alpha value is -1.89. The van der Waals surface area contributed by atoms with Crippen LogP contribution in [-0.2, 0) is 14.6 Å². The highest BCUT2D eigenvalue weighted by atomic mass is 32.2. The minimum atomic E-state index is -3.55. The van der Waals surface area contributed by atoms with Crippen LogP contribution in [0.5, 0.6) is 0 Å². The summed E-state index contributed by atoms with van der Waals surface area (Å²) < 4.78 is 28.3. The number of fused-ring (bicyclic) bond motifs is 1. The van der Waals surface area contributed by atoms with Gasteiger partial charge in [0.05, 0.1) is 17.6 Å². The Labute approximate surface area is 104 Å². The van der Waals surface area contributed by atoms with E-state index in [1.54, 1.807) is 6.92 Å². The fraction of sp³-hybridized carbons (Fsp3) is 0.273. The Morgan fingerprint density at radius 2 is 2.11 bits per heavy atom. The standard InChI is InChI=1S/C11H11NO5S/c1-6-3-8-9(12-14)5-18(15,16)10(8)4-7(6)11(13)17-2/h3-4,14H,5H2,1-2H3/b12-9+. The van der Waals surface area contributed by atoms with Crippen molar-refractivity contribution in [2.45, 2.75) is 11.8 Å². The molecule has 96 valence electrons. The van der Waals surface area contributed by atoms with Crippen molar-refractivity contribution in [2.75, 3.05) is 12.9 Å². The SMILES string of the molecule is COC(=O)c1cc2c(cc1C)/C(=N/O)CS2(=O)=O. The zero-order valence-corrected chi connectivity index (χ0v) is 10.6. The first-order chi connectivity index (χ1) is 8.40. The second-order valence-corrected chi connectivity index (χ2v) is 5.92. The number of aryl methyl sites for hydroxylation is 1. The Morgan fingerprint density at radius 3 is 2.67 bits per heavy atom. The number of carbonyl (C=O) groups excluding carboxylic acids is 1. The molecule has 0 bridgehead atoms. The maximum atomic E-state index is 11.9. The van der Waals surface area contributed by atoms with Gasteiger partial charge in [-0.2, -0.15) is 0 Å². The lowest BCUT2D eigenvalue weighted by molar-refractivity contribution is 0.0599. The average Bonchev–Trinajstić information content (AvgIpc) is 2.58. The predicted molar refractivity (Wildman–Crippen MR) is 62.9 cm³/mol. The Kier molecular flexibility index (Phi) is 2.86. The lowest BCUT2D eigenvalue weighted by Crippen LogP contribution is -2.06. The van der Waals surface area contributed by atoms with Crippen LogP contribution in [-0.4, -0.2) is 38.2 Å². The van der Waals surface area contributed by atoms with Crippen molar-refractivity contribution in [3.05, 3.63) is 28.8 Å². The van der Waals surface area contributed by atoms with E-state index >= 15 is 0 Å². The summed E-state index contributed by atoms with van der Waals surface area (Å²) in [6, 6.07) is 2.78. The summed E-state index contributed by atoms with van der Waals surface area (Å²) in [4.78, 5) is 11.5. The molecule has 1 N–H and O–H groups in total. The van der Waals surface area contributed by atoms with Gasteiger partial charge in [-0.05, 0) is 24.6 Å². The Bertz CT molecular complexity index is 660. The minimum absolute atomic E-state index is 0.00120. The minimum Gasteiger partial charge on any atom is -0.465 e. The molecule has 18 heavy (non-hydrogen) atoms. The Balaban J connectivity index is 2.74. The molecule has 0 fully saturated rings. The van der Waals surface area contributed by atoms with Gasteiger partial charge in [0.2, 0.25) is 0 Å². The number of nitrogens with zero attached hydrogens (tertiary/aromatic N) is 1. The van der Waals surface area contributed by atoms with E-state index in [2.05, 4.69) is 9.89 Å². The number of benzene rings is 1. The highest BCUT2D eigenvalue weighted by molar-refractivity contribution is 7.92. The molecular formula is C11H11NO5S. The van der Waals surface area contributed by atoms with Crippen LogP contribution in [0.2, 0.25) is 0 Å². The topological polar surface area (TPSA) is 93.0 Å². The van der Waals surface area contributed by atoms with Crippen LogP contribution in [0, 0.1) is 6.92 Å². The van der Waals surface area contributed by atoms with Crippen LogP contribution in [0.1, 0.15) is 21.5 Å². The summed E-state index contributed by atoms with van der Waals surface area (Å²) in [5, 5.41) is 11.8. The van der Waals surface area contributed by atoms with Gasteiger partial charge in [0.15, 0.2) is 9.84 Å². The van der Waals surface area contributed by atoms with Gasteiger partial charge in [0.1, 0.15) is 11.5 Å². The number of sulfone groups is 1. The summed E-state index contributed by atoms with van der Waals surface area (Å²) in [6.45, 7) is 1.66. The quantitative estimate of drug-likeness (QED) is 0.461. The first-order valence-electron chi connectivity index (χ1n) is 5.07. The molecule has 0 unspecified atom stereocenters. The van der Waals surface area contributed by atoms with E-state index in [1.807, 2.05) is 0 Å². The molecule has 0 radical (unpaired) electrons. The summed E-state index contributed by atoms with van der Waals surface area (Å²) in [7, 11) is -2.32. The average molecular weight is 269 g/mol. The van der Waals surface area contributed by atoms with Gasteiger partial charge in [-0.25, -0.2) is 13.2 Å². The number of carbonyl (C=O) groups is 1. The zero-order valence-electron chi connectivity index (χ0n) is 9.80. The smallest absolute Gasteiger partial charge is 0.338 e. The highest BCUT2D eigenvalue weighted by Gasteiger charge is 2.33. The molecule has 0 aromatic heterocycles. The fourth-order valence-corrected chi connectivity index (χ4v) is 3.46. The van der Waals surface area contributed by atoms with E-state index in [0.29, 0.717) is 11.1 Å². The van der Waals surface area contributed by atoms with Crippen molar-refractivity contribution >= 4 is 21.5 Å². The molecule has 1 aliphatic rings. The third-order valence-electron chi connectivity index (χ3n) is 2.83. The maximum Gasteiger partial charge on any atom is 0.338 e. The fourth-order valence-electron chi connectivity index (χ4n) is 1.92. The molecule has 0 atom stereocenters. The lowest BCUT2D eigenvalue weighted by atomic mass is 10.0. The zero-order chi connectivity index (χ0) is 13.5. The van der Waals surface area contributed by atoms with Crippen molar-refractivity contribution in [1.82, 2.24) is 0 Å². The number of rotatable bonds is 1. The molecular weight excluding hydrogens is 258 g/mol. The van der Waals surface area contributed by atoms with Gasteiger partial charge in [0.25, 0.3) is 0 Å². The maximum absolute atomic E-state index is 11.9. The third-order valence-corrected chi connectivity index (χ3v) is 4.49. The second-order valence-electron chi connectivity index (χ2n) is 3.96. The van der Waals surface area contributed by atoms with E-state index in [0.717, 1.165) is 0 Å². The molecule has 0 saturated carbocycles. The third kappa shape index (κ3) is 1.76. The largest absolute Gasteiger partial charge is 0.465 e. The highest BCUT2D eigenvalue weighted by Crippen LogP contribution is 2.29. The molecule has 2 rings (SSSR count). The Morgan fingerprint density at radius 1 is 1.44 bits per heavy atom. The summed E-state index contributed by atoms with van der Waals surface area (Å²) in [5.41, 5.74) is 1.19. The van der Waals surface area contributed by atoms with Crippen molar-refractivity contribution in [3.63, 3.8) is 0 Å². The summed E-state index contributed by atoms with van der Waals surface area (Å²) in [5.74, 6) is -0.956. The molecule has 7 heteroatoms. The lowest BCUT2D eigenvalue weighted by Gasteiger charge is -2.06. The van der Waals surface area contributed by atoms with E-state index in [4.69, 9.17) is 5.21 Å². The predicted octanol–water partition coefficient (Wildman–Crippen LogP) is 0.747. The van der Waals surface area contributed by atoms with Crippen molar-refractivity contribution < 1.29 is 23.2 Å². The molecule has 6 nitrogen and oxygen atoms in total. The number of hydrogen-bond acceptors (Lipinski definition) is 6. The normalized spacial score (nSPS) is 18.7. The summed E-state index contributed by atoms with van der Waals surface area (Å²) in [6.07, 6.45) is 0.